The first-order valence-electron chi connectivity index (χ1n) is 11.8. The van der Waals surface area contributed by atoms with Gasteiger partial charge in [0.05, 0.1) is 32.3 Å². The van der Waals surface area contributed by atoms with E-state index in [-0.39, 0.29) is 24.3 Å². The van der Waals surface area contributed by atoms with Gasteiger partial charge in [-0.2, -0.15) is 0 Å². The second-order valence-electron chi connectivity index (χ2n) is 8.65. The number of hydrogen-bond acceptors (Lipinski definition) is 5. The standard InChI is InChI=1S/C26H33N3O4/c30-25(27-18-24(22-11-14-33-19-22)29-12-15-32-16-13-29)17-23(20-7-3-1-4-8-20)28-26(31)21-9-5-2-6-10-21/h1-10,22-24H,11-19H2,(H,27,30)(H,28,31)/t22-,23+,24+/m1/s1. The van der Waals surface area contributed by atoms with Crippen molar-refractivity contribution in [2.75, 3.05) is 46.1 Å². The number of nitrogens with zero attached hydrogens (tertiary/aromatic N) is 1. The summed E-state index contributed by atoms with van der Waals surface area (Å²) in [5, 5.41) is 6.18. The summed E-state index contributed by atoms with van der Waals surface area (Å²) in [6.45, 7) is 5.27. The number of nitrogens with one attached hydrogen (secondary N) is 2. The molecule has 7 heteroatoms. The Hall–Kier alpha value is -2.74. The molecule has 0 aromatic heterocycles. The molecule has 176 valence electrons. The van der Waals surface area contributed by atoms with Crippen molar-refractivity contribution < 1.29 is 19.1 Å². The molecular formula is C26H33N3O4. The fourth-order valence-electron chi connectivity index (χ4n) is 4.60. The molecule has 0 spiro atoms. The van der Waals surface area contributed by atoms with Crippen LogP contribution in [0.2, 0.25) is 0 Å². The van der Waals surface area contributed by atoms with Crippen LogP contribution in [0, 0.1) is 5.92 Å². The third-order valence-corrected chi connectivity index (χ3v) is 6.46. The Morgan fingerprint density at radius 2 is 1.64 bits per heavy atom. The maximum atomic E-state index is 13.0. The normalized spacial score (nSPS) is 20.7. The zero-order valence-corrected chi connectivity index (χ0v) is 18.9. The summed E-state index contributed by atoms with van der Waals surface area (Å²) in [5.41, 5.74) is 1.48. The molecule has 3 atom stereocenters. The highest BCUT2D eigenvalue weighted by Gasteiger charge is 2.32. The Bertz CT molecular complexity index is 881. The van der Waals surface area contributed by atoms with E-state index in [2.05, 4.69) is 15.5 Å². The summed E-state index contributed by atoms with van der Waals surface area (Å²) in [4.78, 5) is 28.2. The quantitative estimate of drug-likeness (QED) is 0.612. The number of carbonyl (C=O) groups excluding carboxylic acids is 2. The largest absolute Gasteiger partial charge is 0.381 e. The maximum Gasteiger partial charge on any atom is 0.251 e. The van der Waals surface area contributed by atoms with Crippen LogP contribution in [-0.2, 0) is 14.3 Å². The Labute approximate surface area is 195 Å². The Kier molecular flexibility index (Phi) is 8.47. The van der Waals surface area contributed by atoms with Crippen molar-refractivity contribution >= 4 is 11.8 Å². The van der Waals surface area contributed by atoms with Crippen LogP contribution in [0.4, 0.5) is 0 Å². The monoisotopic (exact) mass is 451 g/mol. The third kappa shape index (κ3) is 6.63. The smallest absolute Gasteiger partial charge is 0.251 e. The highest BCUT2D eigenvalue weighted by Crippen LogP contribution is 2.22. The maximum absolute atomic E-state index is 13.0. The molecule has 33 heavy (non-hydrogen) atoms. The van der Waals surface area contributed by atoms with Crippen molar-refractivity contribution in [2.24, 2.45) is 5.92 Å². The summed E-state index contributed by atoms with van der Waals surface area (Å²) < 4.78 is 11.1. The molecule has 2 amide bonds. The molecule has 2 aromatic rings. The molecule has 2 fully saturated rings. The number of morpholine rings is 1. The van der Waals surface area contributed by atoms with Gasteiger partial charge in [-0.1, -0.05) is 48.5 Å². The van der Waals surface area contributed by atoms with Crippen LogP contribution in [0.3, 0.4) is 0 Å². The van der Waals surface area contributed by atoms with Gasteiger partial charge in [0.2, 0.25) is 5.91 Å². The molecular weight excluding hydrogens is 418 g/mol. The van der Waals surface area contributed by atoms with E-state index in [1.54, 1.807) is 12.1 Å². The lowest BCUT2D eigenvalue weighted by Gasteiger charge is -2.37. The van der Waals surface area contributed by atoms with Gasteiger partial charge < -0.3 is 20.1 Å². The van der Waals surface area contributed by atoms with Crippen LogP contribution < -0.4 is 10.6 Å². The summed E-state index contributed by atoms with van der Waals surface area (Å²) in [6, 6.07) is 18.6. The zero-order valence-electron chi connectivity index (χ0n) is 18.9. The summed E-state index contributed by atoms with van der Waals surface area (Å²) in [7, 11) is 0. The van der Waals surface area contributed by atoms with Crippen molar-refractivity contribution in [1.82, 2.24) is 15.5 Å². The Balaban J connectivity index is 1.39. The van der Waals surface area contributed by atoms with Gasteiger partial charge in [-0.05, 0) is 24.1 Å². The van der Waals surface area contributed by atoms with E-state index < -0.39 is 6.04 Å². The van der Waals surface area contributed by atoms with E-state index in [9.17, 15) is 9.59 Å². The van der Waals surface area contributed by atoms with E-state index in [1.807, 2.05) is 48.5 Å². The summed E-state index contributed by atoms with van der Waals surface area (Å²) in [6.07, 6.45) is 1.19. The van der Waals surface area contributed by atoms with Gasteiger partial charge >= 0.3 is 0 Å². The second kappa shape index (κ2) is 11.9. The number of benzene rings is 2. The fraction of sp³-hybridized carbons (Fsp3) is 0.462. The first kappa shape index (κ1) is 23.4. The predicted octanol–water partition coefficient (Wildman–Crippen LogP) is 2.40. The van der Waals surface area contributed by atoms with Crippen LogP contribution in [0.15, 0.2) is 60.7 Å². The number of hydrogen-bond donors (Lipinski definition) is 2. The van der Waals surface area contributed by atoms with Crippen molar-refractivity contribution in [2.45, 2.75) is 24.9 Å². The second-order valence-corrected chi connectivity index (χ2v) is 8.65. The summed E-state index contributed by atoms with van der Waals surface area (Å²) in [5.74, 6) is 0.145. The van der Waals surface area contributed by atoms with E-state index in [1.165, 1.54) is 0 Å². The Morgan fingerprint density at radius 1 is 0.939 bits per heavy atom. The molecule has 0 saturated carbocycles. The molecule has 2 N–H and O–H groups in total. The molecule has 4 rings (SSSR count). The van der Waals surface area contributed by atoms with Gasteiger partial charge in [-0.15, -0.1) is 0 Å². The molecule has 2 heterocycles. The first-order valence-corrected chi connectivity index (χ1v) is 11.8. The van der Waals surface area contributed by atoms with E-state index in [4.69, 9.17) is 9.47 Å². The van der Waals surface area contributed by atoms with Gasteiger partial charge in [0, 0.05) is 43.8 Å². The lowest BCUT2D eigenvalue weighted by molar-refractivity contribution is -0.122. The van der Waals surface area contributed by atoms with Crippen molar-refractivity contribution in [1.29, 1.82) is 0 Å². The average molecular weight is 452 g/mol. The molecule has 2 aromatic carbocycles. The van der Waals surface area contributed by atoms with Gasteiger partial charge in [0.15, 0.2) is 0 Å². The molecule has 7 nitrogen and oxygen atoms in total. The first-order chi connectivity index (χ1) is 16.2. The highest BCUT2D eigenvalue weighted by molar-refractivity contribution is 5.94. The van der Waals surface area contributed by atoms with E-state index in [0.717, 1.165) is 51.5 Å². The minimum Gasteiger partial charge on any atom is -0.381 e. The molecule has 0 aliphatic carbocycles. The molecule has 0 unspecified atom stereocenters. The minimum absolute atomic E-state index is 0.0746. The Morgan fingerprint density at radius 3 is 2.30 bits per heavy atom. The van der Waals surface area contributed by atoms with Crippen LogP contribution in [0.5, 0.6) is 0 Å². The lowest BCUT2D eigenvalue weighted by Crippen LogP contribution is -2.52. The van der Waals surface area contributed by atoms with Crippen molar-refractivity contribution in [3.63, 3.8) is 0 Å². The number of amides is 2. The molecule has 0 radical (unpaired) electrons. The van der Waals surface area contributed by atoms with Crippen molar-refractivity contribution in [3.05, 3.63) is 71.8 Å². The van der Waals surface area contributed by atoms with Gasteiger partial charge in [0.1, 0.15) is 0 Å². The average Bonchev–Trinajstić information content (AvgIpc) is 3.40. The van der Waals surface area contributed by atoms with Crippen LogP contribution in [0.25, 0.3) is 0 Å². The number of carbonyl (C=O) groups is 2. The predicted molar refractivity (Wildman–Crippen MR) is 126 cm³/mol. The molecule has 0 bridgehead atoms. The highest BCUT2D eigenvalue weighted by atomic mass is 16.5. The molecule has 2 aliphatic rings. The van der Waals surface area contributed by atoms with Gasteiger partial charge in [0.25, 0.3) is 5.91 Å². The van der Waals surface area contributed by atoms with Crippen LogP contribution in [-0.4, -0.2) is 68.8 Å². The number of ether oxygens (including phenoxy) is 2. The van der Waals surface area contributed by atoms with E-state index in [0.29, 0.717) is 18.0 Å². The molecule has 2 saturated heterocycles. The fourth-order valence-corrected chi connectivity index (χ4v) is 4.60. The van der Waals surface area contributed by atoms with Gasteiger partial charge in [-0.25, -0.2) is 0 Å². The molecule has 2 aliphatic heterocycles. The number of rotatable bonds is 9. The van der Waals surface area contributed by atoms with Crippen LogP contribution >= 0.6 is 0 Å². The van der Waals surface area contributed by atoms with E-state index >= 15 is 0 Å². The summed E-state index contributed by atoms with van der Waals surface area (Å²) >= 11 is 0. The SMILES string of the molecule is O=C(C[C@H](NC(=O)c1ccccc1)c1ccccc1)NC[C@@H]([C@@H]1CCOC1)N1CCOCC1. The lowest BCUT2D eigenvalue weighted by atomic mass is 9.96. The third-order valence-electron chi connectivity index (χ3n) is 6.46. The van der Waals surface area contributed by atoms with Gasteiger partial charge in [-0.3, -0.25) is 14.5 Å². The zero-order chi connectivity index (χ0) is 22.9. The van der Waals surface area contributed by atoms with Crippen LogP contribution in [0.1, 0.15) is 34.8 Å². The topological polar surface area (TPSA) is 79.9 Å². The van der Waals surface area contributed by atoms with Crippen molar-refractivity contribution in [3.8, 4) is 0 Å². The minimum atomic E-state index is -0.407.